The number of hydrogen-bond acceptors (Lipinski definition) is 4. The summed E-state index contributed by atoms with van der Waals surface area (Å²) in [7, 11) is 1.58. The van der Waals surface area contributed by atoms with Gasteiger partial charge in [-0.3, -0.25) is 9.89 Å². The fourth-order valence-corrected chi connectivity index (χ4v) is 1.69. The van der Waals surface area contributed by atoms with Gasteiger partial charge >= 0.3 is 6.09 Å². The Kier molecular flexibility index (Phi) is 4.37. The number of hydrogen-bond donors (Lipinski definition) is 0. The minimum absolute atomic E-state index is 0.169. The van der Waals surface area contributed by atoms with Crippen LogP contribution in [-0.2, 0) is 9.47 Å². The maximum absolute atomic E-state index is 12.0. The summed E-state index contributed by atoms with van der Waals surface area (Å²) in [6.45, 7) is 8.81. The van der Waals surface area contributed by atoms with E-state index in [1.807, 2.05) is 27.7 Å². The quantitative estimate of drug-likeness (QED) is 0.653. The van der Waals surface area contributed by atoms with Gasteiger partial charge in [0.2, 0.25) is 5.90 Å². The van der Waals surface area contributed by atoms with Gasteiger partial charge in [-0.05, 0) is 34.1 Å². The van der Waals surface area contributed by atoms with Gasteiger partial charge in [0.05, 0.1) is 7.11 Å². The number of carbonyl (C=O) groups excluding carboxylic acids is 1. The second-order valence-electron chi connectivity index (χ2n) is 5.13. The number of rotatable bonds is 0. The number of nitrogens with zero attached hydrogens (tertiary/aromatic N) is 2. The van der Waals surface area contributed by atoms with E-state index < -0.39 is 5.60 Å². The highest BCUT2D eigenvalue weighted by Gasteiger charge is 2.30. The summed E-state index contributed by atoms with van der Waals surface area (Å²) >= 11 is 0. The zero-order valence-electron chi connectivity index (χ0n) is 11.3. The van der Waals surface area contributed by atoms with Crippen molar-refractivity contribution in [1.82, 2.24) is 4.90 Å². The molecule has 0 N–H and O–H groups in total. The fourth-order valence-electron chi connectivity index (χ4n) is 1.69. The van der Waals surface area contributed by atoms with Crippen molar-refractivity contribution in [3.63, 3.8) is 0 Å². The first kappa shape index (κ1) is 13.8. The number of methoxy groups -OCH3 is 1. The molecule has 1 atom stereocenters. The van der Waals surface area contributed by atoms with E-state index in [1.54, 1.807) is 12.0 Å². The molecule has 0 bridgehead atoms. The molecule has 5 nitrogen and oxygen atoms in total. The first-order valence-corrected chi connectivity index (χ1v) is 5.93. The molecular weight excluding hydrogens is 220 g/mol. The highest BCUT2D eigenvalue weighted by molar-refractivity contribution is 5.85. The summed E-state index contributed by atoms with van der Waals surface area (Å²) in [5, 5.41) is 0. The van der Waals surface area contributed by atoms with Crippen LogP contribution in [0.2, 0.25) is 0 Å². The molecule has 0 saturated carbocycles. The van der Waals surface area contributed by atoms with Crippen LogP contribution in [0.4, 0.5) is 4.79 Å². The van der Waals surface area contributed by atoms with E-state index in [0.29, 0.717) is 19.0 Å². The van der Waals surface area contributed by atoms with Crippen molar-refractivity contribution >= 4 is 12.0 Å². The molecule has 0 fully saturated rings. The predicted octanol–water partition coefficient (Wildman–Crippen LogP) is 2.06. The SMILES string of the molecule is COC1=NCCCN(C(=O)OC(C)(C)C)C1C. The summed E-state index contributed by atoms with van der Waals surface area (Å²) in [4.78, 5) is 18.0. The third-order valence-corrected chi connectivity index (χ3v) is 2.49. The van der Waals surface area contributed by atoms with Crippen LogP contribution in [0, 0.1) is 0 Å². The van der Waals surface area contributed by atoms with Crippen LogP contribution < -0.4 is 0 Å². The topological polar surface area (TPSA) is 51.1 Å². The van der Waals surface area contributed by atoms with Crippen molar-refractivity contribution in [2.45, 2.75) is 45.8 Å². The van der Waals surface area contributed by atoms with E-state index in [-0.39, 0.29) is 12.1 Å². The lowest BCUT2D eigenvalue weighted by Gasteiger charge is -2.30. The van der Waals surface area contributed by atoms with Crippen molar-refractivity contribution in [2.75, 3.05) is 20.2 Å². The number of ether oxygens (including phenoxy) is 2. The van der Waals surface area contributed by atoms with E-state index in [2.05, 4.69) is 4.99 Å². The van der Waals surface area contributed by atoms with Crippen molar-refractivity contribution < 1.29 is 14.3 Å². The summed E-state index contributed by atoms with van der Waals surface area (Å²) < 4.78 is 10.6. The first-order chi connectivity index (χ1) is 7.85. The summed E-state index contributed by atoms with van der Waals surface area (Å²) in [6.07, 6.45) is 0.521. The molecule has 0 radical (unpaired) electrons. The van der Waals surface area contributed by atoms with Crippen LogP contribution in [0.15, 0.2) is 4.99 Å². The number of carbonyl (C=O) groups is 1. The Morgan fingerprint density at radius 3 is 2.65 bits per heavy atom. The highest BCUT2D eigenvalue weighted by Crippen LogP contribution is 2.15. The number of amides is 1. The summed E-state index contributed by atoms with van der Waals surface area (Å²) in [5.74, 6) is 0.591. The van der Waals surface area contributed by atoms with Gasteiger partial charge < -0.3 is 9.47 Å². The van der Waals surface area contributed by atoms with Gasteiger partial charge in [0.1, 0.15) is 11.6 Å². The molecule has 98 valence electrons. The van der Waals surface area contributed by atoms with Gasteiger partial charge in [0.15, 0.2) is 0 Å². The third kappa shape index (κ3) is 3.91. The Morgan fingerprint density at radius 1 is 1.47 bits per heavy atom. The second-order valence-corrected chi connectivity index (χ2v) is 5.13. The van der Waals surface area contributed by atoms with Crippen LogP contribution >= 0.6 is 0 Å². The van der Waals surface area contributed by atoms with Crippen LogP contribution in [0.25, 0.3) is 0 Å². The van der Waals surface area contributed by atoms with Gasteiger partial charge in [-0.15, -0.1) is 0 Å². The largest absolute Gasteiger partial charge is 0.483 e. The summed E-state index contributed by atoms with van der Waals surface area (Å²) in [6, 6.07) is -0.169. The van der Waals surface area contributed by atoms with E-state index in [0.717, 1.165) is 6.42 Å². The lowest BCUT2D eigenvalue weighted by molar-refractivity contribution is 0.0216. The zero-order valence-corrected chi connectivity index (χ0v) is 11.3. The van der Waals surface area contributed by atoms with Gasteiger partial charge in [-0.2, -0.15) is 0 Å². The smallest absolute Gasteiger partial charge is 0.410 e. The Morgan fingerprint density at radius 2 is 2.12 bits per heavy atom. The minimum atomic E-state index is -0.479. The normalized spacial score (nSPS) is 21.6. The van der Waals surface area contributed by atoms with Crippen molar-refractivity contribution in [1.29, 1.82) is 0 Å². The maximum atomic E-state index is 12.0. The van der Waals surface area contributed by atoms with E-state index >= 15 is 0 Å². The Bertz CT molecular complexity index is 307. The summed E-state index contributed by atoms with van der Waals surface area (Å²) in [5.41, 5.74) is -0.479. The molecule has 17 heavy (non-hydrogen) atoms. The Labute approximate surface area is 103 Å². The van der Waals surface area contributed by atoms with Gasteiger partial charge in [-0.25, -0.2) is 4.79 Å². The van der Waals surface area contributed by atoms with Crippen molar-refractivity contribution in [2.24, 2.45) is 4.99 Å². The van der Waals surface area contributed by atoms with Crippen LogP contribution in [0.3, 0.4) is 0 Å². The molecule has 1 unspecified atom stereocenters. The molecule has 1 rings (SSSR count). The average Bonchev–Trinajstić information content (AvgIpc) is 2.37. The van der Waals surface area contributed by atoms with Crippen LogP contribution in [-0.4, -0.2) is 48.7 Å². The molecule has 1 heterocycles. The van der Waals surface area contributed by atoms with Crippen molar-refractivity contribution in [3.05, 3.63) is 0 Å². The van der Waals surface area contributed by atoms with Gasteiger partial charge in [0.25, 0.3) is 0 Å². The molecule has 0 aromatic rings. The molecule has 5 heteroatoms. The van der Waals surface area contributed by atoms with E-state index in [1.165, 1.54) is 0 Å². The third-order valence-electron chi connectivity index (χ3n) is 2.49. The van der Waals surface area contributed by atoms with E-state index in [9.17, 15) is 4.79 Å². The molecule has 0 spiro atoms. The standard InChI is InChI=1S/C12H22N2O3/c1-9-10(16-5)13-7-6-8-14(9)11(15)17-12(2,3)4/h9H,6-8H2,1-5H3. The van der Waals surface area contributed by atoms with Crippen LogP contribution in [0.5, 0.6) is 0 Å². The molecular formula is C12H22N2O3. The Hall–Kier alpha value is -1.26. The lowest BCUT2D eigenvalue weighted by Crippen LogP contribution is -2.45. The highest BCUT2D eigenvalue weighted by atomic mass is 16.6. The molecule has 0 saturated heterocycles. The monoisotopic (exact) mass is 242 g/mol. The average molecular weight is 242 g/mol. The first-order valence-electron chi connectivity index (χ1n) is 5.93. The zero-order chi connectivity index (χ0) is 13.1. The molecule has 1 amide bonds. The minimum Gasteiger partial charge on any atom is -0.483 e. The van der Waals surface area contributed by atoms with Crippen molar-refractivity contribution in [3.8, 4) is 0 Å². The predicted molar refractivity (Wildman–Crippen MR) is 66.3 cm³/mol. The lowest BCUT2D eigenvalue weighted by atomic mass is 10.2. The van der Waals surface area contributed by atoms with E-state index in [4.69, 9.17) is 9.47 Å². The molecule has 0 aromatic heterocycles. The molecule has 0 aliphatic carbocycles. The fraction of sp³-hybridized carbons (Fsp3) is 0.833. The maximum Gasteiger partial charge on any atom is 0.410 e. The Balaban J connectivity index is 2.75. The van der Waals surface area contributed by atoms with Crippen LogP contribution in [0.1, 0.15) is 34.1 Å². The van der Waals surface area contributed by atoms with Gasteiger partial charge in [0, 0.05) is 13.1 Å². The molecule has 0 aromatic carbocycles. The second kappa shape index (κ2) is 5.38. The molecule has 1 aliphatic heterocycles. The van der Waals surface area contributed by atoms with Gasteiger partial charge in [-0.1, -0.05) is 0 Å². The number of aliphatic imine (C=N–C) groups is 1. The molecule has 1 aliphatic rings.